The highest BCUT2D eigenvalue weighted by molar-refractivity contribution is 9.11. The monoisotopic (exact) mass is 361 g/mol. The Morgan fingerprint density at radius 1 is 1.19 bits per heavy atom. The Hall–Kier alpha value is -0.520. The first kappa shape index (κ1) is 12.0. The van der Waals surface area contributed by atoms with Crippen LogP contribution < -0.4 is 0 Å². The normalized spacial score (nSPS) is 10.5. The van der Waals surface area contributed by atoms with Crippen molar-refractivity contribution in [1.82, 2.24) is 15.0 Å². The van der Waals surface area contributed by atoms with Crippen LogP contribution in [0.4, 0.5) is 0 Å². The number of aromatic nitrogens is 3. The summed E-state index contributed by atoms with van der Waals surface area (Å²) in [6.45, 7) is 1.86. The van der Waals surface area contributed by atoms with Crippen LogP contribution in [0.2, 0.25) is 5.15 Å². The molecule has 0 aliphatic carbocycles. The summed E-state index contributed by atoms with van der Waals surface area (Å²) in [6.07, 6.45) is 1.69. The highest BCUT2D eigenvalue weighted by Gasteiger charge is 2.09. The summed E-state index contributed by atoms with van der Waals surface area (Å²) < 4.78 is 1.71. The van der Waals surface area contributed by atoms with Crippen LogP contribution in [0.1, 0.15) is 5.69 Å². The number of rotatable bonds is 1. The minimum absolute atomic E-state index is 0.416. The predicted molar refractivity (Wildman–Crippen MR) is 70.4 cm³/mol. The maximum Gasteiger partial charge on any atom is 0.180 e. The van der Waals surface area contributed by atoms with Crippen LogP contribution in [0.5, 0.6) is 0 Å². The predicted octanol–water partition coefficient (Wildman–Crippen LogP) is 4.03. The smallest absolute Gasteiger partial charge is 0.180 e. The van der Waals surface area contributed by atoms with E-state index < -0.39 is 0 Å². The van der Waals surface area contributed by atoms with E-state index in [9.17, 15) is 0 Å². The minimum atomic E-state index is 0.416. The van der Waals surface area contributed by atoms with Crippen LogP contribution >= 0.6 is 43.5 Å². The number of nitrogens with zero attached hydrogens (tertiary/aromatic N) is 3. The van der Waals surface area contributed by atoms with E-state index in [1.807, 2.05) is 13.0 Å². The van der Waals surface area contributed by atoms with Crippen LogP contribution in [0.3, 0.4) is 0 Å². The van der Waals surface area contributed by atoms with E-state index in [0.717, 1.165) is 14.6 Å². The van der Waals surface area contributed by atoms with E-state index in [1.165, 1.54) is 0 Å². The second-order valence-electron chi connectivity index (χ2n) is 3.14. The molecule has 0 N–H and O–H groups in total. The van der Waals surface area contributed by atoms with Gasteiger partial charge in [0.25, 0.3) is 0 Å². The molecule has 0 spiro atoms. The summed E-state index contributed by atoms with van der Waals surface area (Å²) in [4.78, 5) is 12.7. The van der Waals surface area contributed by atoms with Crippen LogP contribution in [0.15, 0.2) is 27.3 Å². The van der Waals surface area contributed by atoms with E-state index in [2.05, 4.69) is 46.8 Å². The Morgan fingerprint density at radius 3 is 2.56 bits per heavy atom. The molecule has 0 aliphatic rings. The molecule has 0 atom stereocenters. The highest BCUT2D eigenvalue weighted by Crippen LogP contribution is 2.26. The van der Waals surface area contributed by atoms with Crippen molar-refractivity contribution >= 4 is 43.5 Å². The molecule has 16 heavy (non-hydrogen) atoms. The molecule has 2 heterocycles. The molecule has 0 saturated heterocycles. The molecule has 2 rings (SSSR count). The van der Waals surface area contributed by atoms with Crippen molar-refractivity contribution < 1.29 is 0 Å². The first-order valence-corrected chi connectivity index (χ1v) is 6.35. The van der Waals surface area contributed by atoms with Crippen molar-refractivity contribution in [2.75, 3.05) is 0 Å². The Balaban J connectivity index is 2.58. The first-order chi connectivity index (χ1) is 7.56. The summed E-state index contributed by atoms with van der Waals surface area (Å²) in [5, 5.41) is 0.416. The number of pyridine rings is 1. The Labute approximate surface area is 115 Å². The Morgan fingerprint density at radius 2 is 1.94 bits per heavy atom. The third-order valence-corrected chi connectivity index (χ3v) is 3.07. The van der Waals surface area contributed by atoms with Crippen LogP contribution in [-0.4, -0.2) is 15.0 Å². The quantitative estimate of drug-likeness (QED) is 0.718. The lowest BCUT2D eigenvalue weighted by Gasteiger charge is -2.04. The third kappa shape index (κ3) is 2.59. The maximum atomic E-state index is 5.88. The van der Waals surface area contributed by atoms with Gasteiger partial charge in [-0.25, -0.2) is 9.97 Å². The topological polar surface area (TPSA) is 38.7 Å². The second kappa shape index (κ2) is 4.77. The molecular weight excluding hydrogens is 357 g/mol. The summed E-state index contributed by atoms with van der Waals surface area (Å²) in [5.41, 5.74) is 1.49. The zero-order chi connectivity index (χ0) is 11.7. The average molecular weight is 363 g/mol. The van der Waals surface area contributed by atoms with Crippen molar-refractivity contribution in [2.24, 2.45) is 0 Å². The van der Waals surface area contributed by atoms with Gasteiger partial charge in [0.15, 0.2) is 5.82 Å². The third-order valence-electron chi connectivity index (χ3n) is 1.84. The largest absolute Gasteiger partial charge is 0.251 e. The van der Waals surface area contributed by atoms with Gasteiger partial charge in [-0.15, -0.1) is 0 Å². The van der Waals surface area contributed by atoms with E-state index in [1.54, 1.807) is 12.3 Å². The highest BCUT2D eigenvalue weighted by atomic mass is 79.9. The molecule has 3 nitrogen and oxygen atoms in total. The summed E-state index contributed by atoms with van der Waals surface area (Å²) >= 11 is 12.6. The molecule has 2 aromatic heterocycles. The average Bonchev–Trinajstić information content (AvgIpc) is 2.15. The van der Waals surface area contributed by atoms with Crippen LogP contribution in [0.25, 0.3) is 11.5 Å². The first-order valence-electron chi connectivity index (χ1n) is 4.39. The summed E-state index contributed by atoms with van der Waals surface area (Å²) in [6, 6.07) is 3.60. The summed E-state index contributed by atoms with van der Waals surface area (Å²) in [7, 11) is 0. The Bertz CT molecular complexity index is 525. The van der Waals surface area contributed by atoms with Gasteiger partial charge in [-0.1, -0.05) is 11.6 Å². The SMILES string of the molecule is Cc1cc(Cl)nc(-c2ncc(Br)cc2Br)n1. The molecule has 6 heteroatoms. The fourth-order valence-corrected chi connectivity index (χ4v) is 2.62. The van der Waals surface area contributed by atoms with E-state index >= 15 is 0 Å². The van der Waals surface area contributed by atoms with Gasteiger partial charge in [-0.05, 0) is 50.9 Å². The summed E-state index contributed by atoms with van der Waals surface area (Å²) in [5.74, 6) is 0.518. The van der Waals surface area contributed by atoms with Gasteiger partial charge in [0.1, 0.15) is 10.8 Å². The molecule has 0 aromatic carbocycles. The lowest BCUT2D eigenvalue weighted by Crippen LogP contribution is -1.95. The number of halogens is 3. The second-order valence-corrected chi connectivity index (χ2v) is 5.30. The number of hydrogen-bond acceptors (Lipinski definition) is 3. The van der Waals surface area contributed by atoms with Crippen molar-refractivity contribution in [3.8, 4) is 11.5 Å². The van der Waals surface area contributed by atoms with Gasteiger partial charge in [-0.3, -0.25) is 4.98 Å². The van der Waals surface area contributed by atoms with Crippen molar-refractivity contribution in [3.05, 3.63) is 38.1 Å². The zero-order valence-corrected chi connectivity index (χ0v) is 12.1. The van der Waals surface area contributed by atoms with Gasteiger partial charge >= 0.3 is 0 Å². The molecule has 0 radical (unpaired) electrons. The van der Waals surface area contributed by atoms with Crippen molar-refractivity contribution in [2.45, 2.75) is 6.92 Å². The van der Waals surface area contributed by atoms with Gasteiger partial charge in [0.05, 0.1) is 0 Å². The fraction of sp³-hybridized carbons (Fsp3) is 0.100. The molecule has 0 amide bonds. The molecule has 0 fully saturated rings. The van der Waals surface area contributed by atoms with E-state index in [0.29, 0.717) is 16.7 Å². The van der Waals surface area contributed by atoms with Gasteiger partial charge in [-0.2, -0.15) is 0 Å². The van der Waals surface area contributed by atoms with E-state index in [-0.39, 0.29) is 0 Å². The lowest BCUT2D eigenvalue weighted by molar-refractivity contribution is 1.08. The standard InChI is InChI=1S/C10H6Br2ClN3/c1-5-2-8(13)16-10(15-5)9-7(12)3-6(11)4-14-9/h2-4H,1H3. The van der Waals surface area contributed by atoms with Gasteiger partial charge in [0, 0.05) is 20.8 Å². The van der Waals surface area contributed by atoms with Crippen molar-refractivity contribution in [1.29, 1.82) is 0 Å². The number of hydrogen-bond donors (Lipinski definition) is 0. The molecule has 0 aliphatic heterocycles. The molecule has 2 aromatic rings. The van der Waals surface area contributed by atoms with Crippen LogP contribution in [0, 0.1) is 6.92 Å². The molecule has 0 unspecified atom stereocenters. The molecule has 0 saturated carbocycles. The Kier molecular flexibility index (Phi) is 3.56. The zero-order valence-electron chi connectivity index (χ0n) is 8.21. The van der Waals surface area contributed by atoms with Gasteiger partial charge < -0.3 is 0 Å². The van der Waals surface area contributed by atoms with E-state index in [4.69, 9.17) is 11.6 Å². The van der Waals surface area contributed by atoms with Crippen LogP contribution in [-0.2, 0) is 0 Å². The molecule has 0 bridgehead atoms. The maximum absolute atomic E-state index is 5.88. The lowest BCUT2D eigenvalue weighted by atomic mass is 10.3. The minimum Gasteiger partial charge on any atom is -0.251 e. The number of aryl methyl sites for hydroxylation is 1. The fourth-order valence-electron chi connectivity index (χ4n) is 1.22. The molecule has 82 valence electrons. The van der Waals surface area contributed by atoms with Crippen molar-refractivity contribution in [3.63, 3.8) is 0 Å². The molecular formula is C10H6Br2ClN3. The van der Waals surface area contributed by atoms with Gasteiger partial charge in [0.2, 0.25) is 0 Å².